The molecule has 5 nitrogen and oxygen atoms in total. The summed E-state index contributed by atoms with van der Waals surface area (Å²) in [5.74, 6) is 0.594. The Morgan fingerprint density at radius 2 is 1.90 bits per heavy atom. The van der Waals surface area contributed by atoms with Crippen LogP contribution in [0.5, 0.6) is 11.5 Å². The lowest BCUT2D eigenvalue weighted by Gasteiger charge is -2.11. The van der Waals surface area contributed by atoms with Crippen LogP contribution < -0.4 is 4.74 Å². The molecule has 2 aromatic carbocycles. The van der Waals surface area contributed by atoms with Gasteiger partial charge in [-0.1, -0.05) is 22.0 Å². The van der Waals surface area contributed by atoms with Crippen molar-refractivity contribution in [1.29, 1.82) is 0 Å². The van der Waals surface area contributed by atoms with E-state index >= 15 is 0 Å². The van der Waals surface area contributed by atoms with Gasteiger partial charge in [-0.2, -0.15) is 0 Å². The molecule has 0 atom stereocenters. The first kappa shape index (κ1) is 15.2. The van der Waals surface area contributed by atoms with Gasteiger partial charge in [0.05, 0.1) is 10.5 Å². The van der Waals surface area contributed by atoms with Crippen molar-refractivity contribution in [3.05, 3.63) is 62.1 Å². The minimum Gasteiger partial charge on any atom is -0.456 e. The normalized spacial score (nSPS) is 10.2. The molecular weight excluding hydrogens is 338 g/mol. The SMILES string of the molecule is CC(=O)c1cc([N+](=O)[O-])ccc1Oc1cc(Br)ccc1C. The number of ketones is 1. The zero-order chi connectivity index (χ0) is 15.6. The molecule has 0 heterocycles. The van der Waals surface area contributed by atoms with Crippen LogP contribution in [0.3, 0.4) is 0 Å². The lowest BCUT2D eigenvalue weighted by Crippen LogP contribution is -2.00. The van der Waals surface area contributed by atoms with E-state index in [9.17, 15) is 14.9 Å². The second-order valence-electron chi connectivity index (χ2n) is 4.51. The zero-order valence-corrected chi connectivity index (χ0v) is 13.0. The Kier molecular flexibility index (Phi) is 4.37. The van der Waals surface area contributed by atoms with Crippen molar-refractivity contribution in [1.82, 2.24) is 0 Å². The van der Waals surface area contributed by atoms with Gasteiger partial charge >= 0.3 is 0 Å². The highest BCUT2D eigenvalue weighted by Crippen LogP contribution is 2.32. The predicted octanol–water partition coefficient (Wildman–Crippen LogP) is 4.66. The van der Waals surface area contributed by atoms with Gasteiger partial charge in [0.25, 0.3) is 5.69 Å². The Morgan fingerprint density at radius 1 is 1.19 bits per heavy atom. The molecule has 0 bridgehead atoms. The van der Waals surface area contributed by atoms with Crippen molar-refractivity contribution in [2.24, 2.45) is 0 Å². The number of Topliss-reactive ketones (excluding diaryl/α,β-unsaturated/α-hetero) is 1. The first-order valence-corrected chi connectivity index (χ1v) is 6.91. The van der Waals surface area contributed by atoms with E-state index in [1.165, 1.54) is 25.1 Å². The molecule has 2 rings (SSSR count). The molecule has 21 heavy (non-hydrogen) atoms. The molecule has 0 aliphatic rings. The van der Waals surface area contributed by atoms with Crippen LogP contribution in [0.15, 0.2) is 40.9 Å². The molecule has 0 saturated heterocycles. The van der Waals surface area contributed by atoms with E-state index < -0.39 is 4.92 Å². The lowest BCUT2D eigenvalue weighted by atomic mass is 10.1. The highest BCUT2D eigenvalue weighted by Gasteiger charge is 2.16. The molecule has 0 radical (unpaired) electrons. The van der Waals surface area contributed by atoms with Crippen LogP contribution in [0.25, 0.3) is 0 Å². The summed E-state index contributed by atoms with van der Waals surface area (Å²) >= 11 is 3.35. The number of carbonyl (C=O) groups excluding carboxylic acids is 1. The summed E-state index contributed by atoms with van der Waals surface area (Å²) in [4.78, 5) is 21.9. The minimum absolute atomic E-state index is 0.140. The molecule has 0 aliphatic carbocycles. The maximum Gasteiger partial charge on any atom is 0.270 e. The van der Waals surface area contributed by atoms with E-state index in [-0.39, 0.29) is 17.0 Å². The second kappa shape index (κ2) is 6.05. The Morgan fingerprint density at radius 3 is 2.52 bits per heavy atom. The Balaban J connectivity index is 2.46. The van der Waals surface area contributed by atoms with Gasteiger partial charge in [-0.05, 0) is 37.6 Å². The molecule has 0 spiro atoms. The van der Waals surface area contributed by atoms with E-state index in [0.717, 1.165) is 10.0 Å². The fraction of sp³-hybridized carbons (Fsp3) is 0.133. The van der Waals surface area contributed by atoms with Crippen LogP contribution in [-0.2, 0) is 0 Å². The van der Waals surface area contributed by atoms with E-state index in [4.69, 9.17) is 4.74 Å². The summed E-state index contributed by atoms with van der Waals surface area (Å²) in [6.07, 6.45) is 0. The number of non-ortho nitro benzene ring substituents is 1. The third-order valence-corrected chi connectivity index (χ3v) is 3.42. The number of benzene rings is 2. The standard InChI is InChI=1S/C15H12BrNO4/c1-9-3-4-11(16)7-15(9)21-14-6-5-12(17(19)20)8-13(14)10(2)18/h3-8H,1-2H3. The van der Waals surface area contributed by atoms with Crippen LogP contribution >= 0.6 is 15.9 Å². The van der Waals surface area contributed by atoms with Gasteiger partial charge in [-0.25, -0.2) is 0 Å². The minimum atomic E-state index is -0.541. The smallest absolute Gasteiger partial charge is 0.270 e. The summed E-state index contributed by atoms with van der Waals surface area (Å²) < 4.78 is 6.59. The Labute approximate surface area is 129 Å². The maximum atomic E-state index is 11.7. The van der Waals surface area contributed by atoms with Gasteiger partial charge in [-0.15, -0.1) is 0 Å². The average Bonchev–Trinajstić information content (AvgIpc) is 2.42. The van der Waals surface area contributed by atoms with Crippen LogP contribution in [0.2, 0.25) is 0 Å². The molecular formula is C15H12BrNO4. The Bertz CT molecular complexity index is 728. The third kappa shape index (κ3) is 3.46. The fourth-order valence-corrected chi connectivity index (χ4v) is 2.14. The fourth-order valence-electron chi connectivity index (χ4n) is 1.80. The lowest BCUT2D eigenvalue weighted by molar-refractivity contribution is -0.384. The average molecular weight is 350 g/mol. The number of aryl methyl sites for hydroxylation is 1. The number of halogens is 1. The summed E-state index contributed by atoms with van der Waals surface area (Å²) in [7, 11) is 0. The first-order valence-electron chi connectivity index (χ1n) is 6.12. The van der Waals surface area contributed by atoms with E-state index in [0.29, 0.717) is 11.5 Å². The van der Waals surface area contributed by atoms with Crippen molar-refractivity contribution in [3.63, 3.8) is 0 Å². The number of rotatable bonds is 4. The number of nitrogens with zero attached hydrogens (tertiary/aromatic N) is 1. The van der Waals surface area contributed by atoms with E-state index in [1.54, 1.807) is 6.07 Å². The predicted molar refractivity (Wildman–Crippen MR) is 82.1 cm³/mol. The second-order valence-corrected chi connectivity index (χ2v) is 5.42. The third-order valence-electron chi connectivity index (χ3n) is 2.92. The highest BCUT2D eigenvalue weighted by molar-refractivity contribution is 9.10. The van der Waals surface area contributed by atoms with Crippen molar-refractivity contribution in [3.8, 4) is 11.5 Å². The largest absolute Gasteiger partial charge is 0.456 e. The molecule has 2 aromatic rings. The van der Waals surface area contributed by atoms with Crippen molar-refractivity contribution in [2.75, 3.05) is 0 Å². The van der Waals surface area contributed by atoms with Crippen molar-refractivity contribution < 1.29 is 14.5 Å². The van der Waals surface area contributed by atoms with Gasteiger partial charge in [0.2, 0.25) is 0 Å². The van der Waals surface area contributed by atoms with E-state index in [1.807, 2.05) is 19.1 Å². The zero-order valence-electron chi connectivity index (χ0n) is 11.4. The summed E-state index contributed by atoms with van der Waals surface area (Å²) in [6.45, 7) is 3.22. The number of nitro groups is 1. The number of ether oxygens (including phenoxy) is 1. The molecule has 0 unspecified atom stereocenters. The highest BCUT2D eigenvalue weighted by atomic mass is 79.9. The summed E-state index contributed by atoms with van der Waals surface area (Å²) in [5.41, 5.74) is 0.938. The van der Waals surface area contributed by atoms with Gasteiger partial charge in [-0.3, -0.25) is 14.9 Å². The molecule has 0 fully saturated rings. The maximum absolute atomic E-state index is 11.7. The molecule has 0 aromatic heterocycles. The summed E-state index contributed by atoms with van der Waals surface area (Å²) in [5, 5.41) is 10.8. The van der Waals surface area contributed by atoms with Crippen LogP contribution in [-0.4, -0.2) is 10.7 Å². The molecule has 0 aliphatic heterocycles. The number of nitro benzene ring substituents is 1. The number of carbonyl (C=O) groups is 1. The van der Waals surface area contributed by atoms with Gasteiger partial charge in [0.1, 0.15) is 11.5 Å². The quantitative estimate of drug-likeness (QED) is 0.457. The van der Waals surface area contributed by atoms with Gasteiger partial charge in [0.15, 0.2) is 5.78 Å². The van der Waals surface area contributed by atoms with Crippen LogP contribution in [0, 0.1) is 17.0 Å². The van der Waals surface area contributed by atoms with Gasteiger partial charge < -0.3 is 4.74 Å². The van der Waals surface area contributed by atoms with Crippen LogP contribution in [0.4, 0.5) is 5.69 Å². The number of hydrogen-bond donors (Lipinski definition) is 0. The van der Waals surface area contributed by atoms with Crippen molar-refractivity contribution in [2.45, 2.75) is 13.8 Å². The molecule has 0 N–H and O–H groups in total. The first-order chi connectivity index (χ1) is 9.88. The summed E-state index contributed by atoms with van der Waals surface area (Å²) in [6, 6.07) is 9.51. The van der Waals surface area contributed by atoms with Gasteiger partial charge in [0, 0.05) is 16.6 Å². The van der Waals surface area contributed by atoms with E-state index in [2.05, 4.69) is 15.9 Å². The van der Waals surface area contributed by atoms with Crippen molar-refractivity contribution >= 4 is 27.4 Å². The monoisotopic (exact) mass is 349 g/mol. The Hall–Kier alpha value is -2.21. The molecule has 0 saturated carbocycles. The molecule has 0 amide bonds. The molecule has 6 heteroatoms. The van der Waals surface area contributed by atoms with Crippen LogP contribution in [0.1, 0.15) is 22.8 Å². The topological polar surface area (TPSA) is 69.4 Å². The molecule has 108 valence electrons. The number of hydrogen-bond acceptors (Lipinski definition) is 4.